The molecule has 0 spiro atoms. The number of rotatable bonds is 1. The van der Waals surface area contributed by atoms with E-state index in [-0.39, 0.29) is 5.82 Å². The van der Waals surface area contributed by atoms with Crippen molar-refractivity contribution in [2.24, 2.45) is 0 Å². The third kappa shape index (κ3) is 1.45. The standard InChI is InChI=1S/C10H9FIN/c1-6-9(5-12)8-4-7(11)2-3-10(8)13-6/h2-4,13H,5H2,1H3. The van der Waals surface area contributed by atoms with E-state index in [2.05, 4.69) is 27.6 Å². The molecule has 0 aliphatic carbocycles. The van der Waals surface area contributed by atoms with Crippen LogP contribution in [0.5, 0.6) is 0 Å². The van der Waals surface area contributed by atoms with Crippen LogP contribution in [0.2, 0.25) is 0 Å². The van der Waals surface area contributed by atoms with Crippen LogP contribution < -0.4 is 0 Å². The largest absolute Gasteiger partial charge is 0.358 e. The molecule has 0 atom stereocenters. The van der Waals surface area contributed by atoms with E-state index in [0.29, 0.717) is 0 Å². The van der Waals surface area contributed by atoms with Crippen LogP contribution in [-0.4, -0.2) is 4.98 Å². The average Bonchev–Trinajstić information content (AvgIpc) is 2.40. The molecule has 0 bridgehead atoms. The monoisotopic (exact) mass is 289 g/mol. The average molecular weight is 289 g/mol. The summed E-state index contributed by atoms with van der Waals surface area (Å²) in [5.41, 5.74) is 3.36. The second-order valence-electron chi connectivity index (χ2n) is 3.05. The number of aromatic amines is 1. The fraction of sp³-hybridized carbons (Fsp3) is 0.200. The van der Waals surface area contributed by atoms with Gasteiger partial charge in [-0.3, -0.25) is 0 Å². The Morgan fingerprint density at radius 3 is 2.92 bits per heavy atom. The van der Waals surface area contributed by atoms with Gasteiger partial charge in [-0.05, 0) is 30.7 Å². The van der Waals surface area contributed by atoms with Crippen LogP contribution in [0, 0.1) is 12.7 Å². The molecule has 1 heterocycles. The summed E-state index contributed by atoms with van der Waals surface area (Å²) in [7, 11) is 0. The van der Waals surface area contributed by atoms with Crippen molar-refractivity contribution in [2.75, 3.05) is 0 Å². The molecule has 0 saturated heterocycles. The molecule has 0 aliphatic heterocycles. The zero-order chi connectivity index (χ0) is 9.42. The lowest BCUT2D eigenvalue weighted by Gasteiger charge is -1.94. The van der Waals surface area contributed by atoms with E-state index in [1.54, 1.807) is 12.1 Å². The minimum atomic E-state index is -0.169. The molecular formula is C10H9FIN. The number of hydrogen-bond donors (Lipinski definition) is 1. The molecule has 1 N–H and O–H groups in total. The van der Waals surface area contributed by atoms with Gasteiger partial charge in [-0.15, -0.1) is 0 Å². The maximum atomic E-state index is 12.9. The molecule has 0 amide bonds. The first-order chi connectivity index (χ1) is 6.22. The summed E-state index contributed by atoms with van der Waals surface area (Å²) in [6, 6.07) is 4.86. The van der Waals surface area contributed by atoms with Gasteiger partial charge in [-0.2, -0.15) is 0 Å². The second-order valence-corrected chi connectivity index (χ2v) is 3.81. The zero-order valence-electron chi connectivity index (χ0n) is 7.20. The molecule has 0 saturated carbocycles. The minimum absolute atomic E-state index is 0.169. The highest BCUT2D eigenvalue weighted by Gasteiger charge is 2.06. The SMILES string of the molecule is Cc1[nH]c2ccc(F)cc2c1CI. The molecular weight excluding hydrogens is 280 g/mol. The lowest BCUT2D eigenvalue weighted by atomic mass is 10.1. The van der Waals surface area contributed by atoms with Gasteiger partial charge in [-0.1, -0.05) is 22.6 Å². The van der Waals surface area contributed by atoms with Gasteiger partial charge in [0.15, 0.2) is 0 Å². The maximum absolute atomic E-state index is 12.9. The summed E-state index contributed by atoms with van der Waals surface area (Å²) in [6.07, 6.45) is 0. The van der Waals surface area contributed by atoms with Gasteiger partial charge in [-0.25, -0.2) is 4.39 Å². The van der Waals surface area contributed by atoms with Gasteiger partial charge in [0.2, 0.25) is 0 Å². The number of halogens is 2. The molecule has 2 aromatic rings. The Bertz CT molecular complexity index is 447. The van der Waals surface area contributed by atoms with Crippen LogP contribution in [0.25, 0.3) is 10.9 Å². The lowest BCUT2D eigenvalue weighted by molar-refractivity contribution is 0.629. The van der Waals surface area contributed by atoms with E-state index < -0.39 is 0 Å². The van der Waals surface area contributed by atoms with Crippen molar-refractivity contribution in [3.05, 3.63) is 35.3 Å². The van der Waals surface area contributed by atoms with Crippen molar-refractivity contribution in [3.63, 3.8) is 0 Å². The van der Waals surface area contributed by atoms with E-state index in [1.807, 2.05) is 6.92 Å². The highest BCUT2D eigenvalue weighted by atomic mass is 127. The van der Waals surface area contributed by atoms with Crippen molar-refractivity contribution < 1.29 is 4.39 Å². The maximum Gasteiger partial charge on any atom is 0.123 e. The van der Waals surface area contributed by atoms with Crippen molar-refractivity contribution >= 4 is 33.5 Å². The normalized spacial score (nSPS) is 11.0. The van der Waals surface area contributed by atoms with E-state index in [0.717, 1.165) is 21.0 Å². The summed E-state index contributed by atoms with van der Waals surface area (Å²) < 4.78 is 13.9. The topological polar surface area (TPSA) is 15.8 Å². The predicted octanol–water partition coefficient (Wildman–Crippen LogP) is 3.55. The van der Waals surface area contributed by atoms with Crippen molar-refractivity contribution in [2.45, 2.75) is 11.4 Å². The highest BCUT2D eigenvalue weighted by Crippen LogP contribution is 2.24. The van der Waals surface area contributed by atoms with Crippen LogP contribution in [-0.2, 0) is 4.43 Å². The minimum Gasteiger partial charge on any atom is -0.358 e. The first-order valence-electron chi connectivity index (χ1n) is 4.05. The first-order valence-corrected chi connectivity index (χ1v) is 5.57. The molecule has 0 aliphatic rings. The number of fused-ring (bicyclic) bond motifs is 1. The van der Waals surface area contributed by atoms with E-state index in [9.17, 15) is 4.39 Å². The van der Waals surface area contributed by atoms with Gasteiger partial charge >= 0.3 is 0 Å². The Kier molecular flexibility index (Phi) is 2.27. The quantitative estimate of drug-likeness (QED) is 0.610. The fourth-order valence-corrected chi connectivity index (χ4v) is 2.51. The predicted molar refractivity (Wildman–Crippen MR) is 60.7 cm³/mol. The van der Waals surface area contributed by atoms with Gasteiger partial charge in [0.05, 0.1) is 0 Å². The van der Waals surface area contributed by atoms with Crippen LogP contribution >= 0.6 is 22.6 Å². The molecule has 0 fully saturated rings. The van der Waals surface area contributed by atoms with E-state index in [4.69, 9.17) is 0 Å². The number of H-pyrrole nitrogens is 1. The first kappa shape index (κ1) is 8.99. The Morgan fingerprint density at radius 1 is 1.46 bits per heavy atom. The van der Waals surface area contributed by atoms with Crippen molar-refractivity contribution in [3.8, 4) is 0 Å². The Hall–Kier alpha value is -0.580. The zero-order valence-corrected chi connectivity index (χ0v) is 9.35. The third-order valence-electron chi connectivity index (χ3n) is 2.22. The molecule has 1 aromatic heterocycles. The van der Waals surface area contributed by atoms with Gasteiger partial charge in [0, 0.05) is 21.0 Å². The molecule has 68 valence electrons. The van der Waals surface area contributed by atoms with Crippen LogP contribution in [0.4, 0.5) is 4.39 Å². The summed E-state index contributed by atoms with van der Waals surface area (Å²) >= 11 is 2.29. The number of aromatic nitrogens is 1. The summed E-state index contributed by atoms with van der Waals surface area (Å²) in [5, 5.41) is 1.01. The molecule has 0 unspecified atom stereocenters. The molecule has 13 heavy (non-hydrogen) atoms. The molecule has 2 rings (SSSR count). The molecule has 0 radical (unpaired) electrons. The fourth-order valence-electron chi connectivity index (χ4n) is 1.53. The second kappa shape index (κ2) is 3.29. The highest BCUT2D eigenvalue weighted by molar-refractivity contribution is 14.1. The van der Waals surface area contributed by atoms with E-state index in [1.165, 1.54) is 11.6 Å². The molecule has 1 aromatic carbocycles. The number of alkyl halides is 1. The Balaban J connectivity index is 2.80. The molecule has 1 nitrogen and oxygen atoms in total. The number of aryl methyl sites for hydroxylation is 1. The Morgan fingerprint density at radius 2 is 2.23 bits per heavy atom. The summed E-state index contributed by atoms with van der Waals surface area (Å²) in [4.78, 5) is 3.23. The number of hydrogen-bond acceptors (Lipinski definition) is 0. The van der Waals surface area contributed by atoms with Crippen LogP contribution in [0.15, 0.2) is 18.2 Å². The van der Waals surface area contributed by atoms with Crippen LogP contribution in [0.1, 0.15) is 11.3 Å². The summed E-state index contributed by atoms with van der Waals surface area (Å²) in [6.45, 7) is 2.02. The van der Waals surface area contributed by atoms with Gasteiger partial charge < -0.3 is 4.98 Å². The number of nitrogens with one attached hydrogen (secondary N) is 1. The smallest absolute Gasteiger partial charge is 0.123 e. The third-order valence-corrected chi connectivity index (χ3v) is 2.98. The van der Waals surface area contributed by atoms with Crippen LogP contribution in [0.3, 0.4) is 0 Å². The van der Waals surface area contributed by atoms with Gasteiger partial charge in [0.1, 0.15) is 5.82 Å². The van der Waals surface area contributed by atoms with Crippen molar-refractivity contribution in [1.82, 2.24) is 4.98 Å². The van der Waals surface area contributed by atoms with Gasteiger partial charge in [0.25, 0.3) is 0 Å². The Labute approximate surface area is 89.5 Å². The lowest BCUT2D eigenvalue weighted by Crippen LogP contribution is -1.78. The van der Waals surface area contributed by atoms with E-state index >= 15 is 0 Å². The molecule has 3 heteroatoms. The van der Waals surface area contributed by atoms with Crippen molar-refractivity contribution in [1.29, 1.82) is 0 Å². The summed E-state index contributed by atoms with van der Waals surface area (Å²) in [5.74, 6) is -0.169. The number of benzene rings is 1.